The Balaban J connectivity index is 1.67. The number of rotatable bonds is 6. The summed E-state index contributed by atoms with van der Waals surface area (Å²) in [6, 6.07) is 3.34. The molecule has 1 amide bonds. The smallest absolute Gasteiger partial charge is 0.257 e. The van der Waals surface area contributed by atoms with Crippen molar-refractivity contribution < 1.29 is 14.3 Å². The van der Waals surface area contributed by atoms with E-state index in [2.05, 4.69) is 38.1 Å². The standard InChI is InChI=1S/C19H24BrN3O3S/c1-12-5-4-6-23(9-12)10-14-11-27-19(21-14)22-18(24)13-7-15(25-2)17(20)16(8-13)26-3/h7-8,11-12H,4-6,9-10H2,1-3H3,(H,21,22,24)/t12-/m0/s1. The Bertz CT molecular complexity index is 786. The summed E-state index contributed by atoms with van der Waals surface area (Å²) in [6.45, 7) is 5.34. The summed E-state index contributed by atoms with van der Waals surface area (Å²) in [7, 11) is 3.10. The predicted octanol–water partition coefficient (Wildman–Crippen LogP) is 4.41. The highest BCUT2D eigenvalue weighted by Crippen LogP contribution is 2.35. The van der Waals surface area contributed by atoms with E-state index in [-0.39, 0.29) is 5.91 Å². The number of nitrogens with zero attached hydrogens (tertiary/aromatic N) is 2. The van der Waals surface area contributed by atoms with Crippen molar-refractivity contribution in [3.8, 4) is 11.5 Å². The Morgan fingerprint density at radius 3 is 2.70 bits per heavy atom. The zero-order valence-corrected chi connectivity index (χ0v) is 18.2. The van der Waals surface area contributed by atoms with Gasteiger partial charge in [0.1, 0.15) is 16.0 Å². The van der Waals surface area contributed by atoms with Crippen LogP contribution in [-0.4, -0.2) is 43.1 Å². The molecular formula is C19H24BrN3O3S. The summed E-state index contributed by atoms with van der Waals surface area (Å²) in [5, 5.41) is 5.48. The van der Waals surface area contributed by atoms with Crippen molar-refractivity contribution in [3.05, 3.63) is 33.2 Å². The number of ether oxygens (including phenoxy) is 2. The molecule has 1 aromatic carbocycles. The van der Waals surface area contributed by atoms with Gasteiger partial charge in [0.05, 0.1) is 19.9 Å². The van der Waals surface area contributed by atoms with Gasteiger partial charge in [-0.15, -0.1) is 11.3 Å². The highest BCUT2D eigenvalue weighted by atomic mass is 79.9. The first-order chi connectivity index (χ1) is 13.0. The zero-order chi connectivity index (χ0) is 19.4. The number of amides is 1. The molecule has 1 N–H and O–H groups in total. The number of carbonyl (C=O) groups is 1. The number of benzene rings is 1. The second-order valence-electron chi connectivity index (χ2n) is 6.78. The third-order valence-corrected chi connectivity index (χ3v) is 6.19. The second kappa shape index (κ2) is 9.03. The number of hydrogen-bond acceptors (Lipinski definition) is 6. The van der Waals surface area contributed by atoms with Crippen LogP contribution in [0.5, 0.6) is 11.5 Å². The highest BCUT2D eigenvalue weighted by molar-refractivity contribution is 9.10. The van der Waals surface area contributed by atoms with Gasteiger partial charge < -0.3 is 9.47 Å². The van der Waals surface area contributed by atoms with Crippen LogP contribution in [0.4, 0.5) is 5.13 Å². The van der Waals surface area contributed by atoms with E-state index in [4.69, 9.17) is 9.47 Å². The average molecular weight is 454 g/mol. The lowest BCUT2D eigenvalue weighted by Crippen LogP contribution is -2.33. The van der Waals surface area contributed by atoms with Crippen LogP contribution in [0.25, 0.3) is 0 Å². The Kier molecular flexibility index (Phi) is 6.73. The highest BCUT2D eigenvalue weighted by Gasteiger charge is 2.19. The molecule has 1 aliphatic rings. The number of carbonyl (C=O) groups excluding carboxylic acids is 1. The molecule has 1 atom stereocenters. The van der Waals surface area contributed by atoms with Gasteiger partial charge in [-0.05, 0) is 53.4 Å². The lowest BCUT2D eigenvalue weighted by atomic mass is 10.0. The molecular weight excluding hydrogens is 430 g/mol. The molecule has 8 heteroatoms. The number of nitrogens with one attached hydrogen (secondary N) is 1. The van der Waals surface area contributed by atoms with E-state index in [0.717, 1.165) is 31.2 Å². The van der Waals surface area contributed by atoms with E-state index in [0.29, 0.717) is 26.7 Å². The molecule has 0 spiro atoms. The van der Waals surface area contributed by atoms with Crippen LogP contribution in [0.3, 0.4) is 0 Å². The molecule has 1 saturated heterocycles. The SMILES string of the molecule is COc1cc(C(=O)Nc2nc(CN3CCC[C@H](C)C3)cs2)cc(OC)c1Br. The fraction of sp³-hybridized carbons (Fsp3) is 0.474. The molecule has 1 fully saturated rings. The summed E-state index contributed by atoms with van der Waals surface area (Å²) >= 11 is 4.85. The maximum absolute atomic E-state index is 12.6. The van der Waals surface area contributed by atoms with Crippen molar-refractivity contribution in [1.29, 1.82) is 0 Å². The van der Waals surface area contributed by atoms with E-state index >= 15 is 0 Å². The Morgan fingerprint density at radius 1 is 1.37 bits per heavy atom. The summed E-state index contributed by atoms with van der Waals surface area (Å²) < 4.78 is 11.3. The van der Waals surface area contributed by atoms with Gasteiger partial charge in [0.25, 0.3) is 5.91 Å². The average Bonchev–Trinajstić information content (AvgIpc) is 3.08. The van der Waals surface area contributed by atoms with Crippen LogP contribution in [0.15, 0.2) is 22.0 Å². The van der Waals surface area contributed by atoms with Crippen molar-refractivity contribution in [3.63, 3.8) is 0 Å². The lowest BCUT2D eigenvalue weighted by Gasteiger charge is -2.30. The molecule has 0 aliphatic carbocycles. The van der Waals surface area contributed by atoms with Gasteiger partial charge in [-0.25, -0.2) is 4.98 Å². The molecule has 0 unspecified atom stereocenters. The Morgan fingerprint density at radius 2 is 2.07 bits per heavy atom. The number of methoxy groups -OCH3 is 2. The van der Waals surface area contributed by atoms with Gasteiger partial charge in [-0.3, -0.25) is 15.0 Å². The quantitative estimate of drug-likeness (QED) is 0.701. The molecule has 0 saturated carbocycles. The molecule has 1 aromatic heterocycles. The largest absolute Gasteiger partial charge is 0.495 e. The van der Waals surface area contributed by atoms with Crippen molar-refractivity contribution in [2.45, 2.75) is 26.3 Å². The van der Waals surface area contributed by atoms with Gasteiger partial charge in [0, 0.05) is 24.0 Å². The number of hydrogen-bond donors (Lipinski definition) is 1. The van der Waals surface area contributed by atoms with E-state index in [9.17, 15) is 4.79 Å². The normalized spacial score (nSPS) is 17.6. The van der Waals surface area contributed by atoms with Crippen LogP contribution in [0.2, 0.25) is 0 Å². The van der Waals surface area contributed by atoms with Crippen LogP contribution in [0, 0.1) is 5.92 Å². The van der Waals surface area contributed by atoms with E-state index < -0.39 is 0 Å². The third kappa shape index (κ3) is 5.00. The zero-order valence-electron chi connectivity index (χ0n) is 15.8. The number of likely N-dealkylation sites (tertiary alicyclic amines) is 1. The summed E-state index contributed by atoms with van der Waals surface area (Å²) in [6.07, 6.45) is 2.54. The van der Waals surface area contributed by atoms with Crippen molar-refractivity contribution in [2.75, 3.05) is 32.6 Å². The topological polar surface area (TPSA) is 63.7 Å². The molecule has 0 radical (unpaired) electrons. The fourth-order valence-corrected chi connectivity index (χ4v) is 4.52. The monoisotopic (exact) mass is 453 g/mol. The molecule has 146 valence electrons. The third-order valence-electron chi connectivity index (χ3n) is 4.61. The fourth-order valence-electron chi connectivity index (χ4n) is 3.27. The molecule has 2 heterocycles. The van der Waals surface area contributed by atoms with E-state index in [1.807, 2.05) is 5.38 Å². The van der Waals surface area contributed by atoms with E-state index in [1.54, 1.807) is 26.4 Å². The maximum atomic E-state index is 12.6. The van der Waals surface area contributed by atoms with Gasteiger partial charge in [0.15, 0.2) is 5.13 Å². The predicted molar refractivity (Wildman–Crippen MR) is 111 cm³/mol. The number of halogens is 1. The Hall–Kier alpha value is -1.64. The molecule has 1 aliphatic heterocycles. The van der Waals surface area contributed by atoms with Crippen LogP contribution < -0.4 is 14.8 Å². The number of piperidine rings is 1. The van der Waals surface area contributed by atoms with Gasteiger partial charge in [0.2, 0.25) is 0 Å². The molecule has 2 aromatic rings. The van der Waals surface area contributed by atoms with Crippen molar-refractivity contribution in [2.24, 2.45) is 5.92 Å². The first kappa shape index (κ1) is 20.1. The number of thiazole rings is 1. The lowest BCUT2D eigenvalue weighted by molar-refractivity contribution is 0.102. The van der Waals surface area contributed by atoms with Gasteiger partial charge in [-0.2, -0.15) is 0 Å². The maximum Gasteiger partial charge on any atom is 0.257 e. The van der Waals surface area contributed by atoms with Crippen LogP contribution in [0.1, 0.15) is 35.8 Å². The van der Waals surface area contributed by atoms with Crippen LogP contribution >= 0.6 is 27.3 Å². The van der Waals surface area contributed by atoms with Gasteiger partial charge >= 0.3 is 0 Å². The molecule has 6 nitrogen and oxygen atoms in total. The van der Waals surface area contributed by atoms with Crippen LogP contribution in [-0.2, 0) is 6.54 Å². The first-order valence-electron chi connectivity index (χ1n) is 8.89. The summed E-state index contributed by atoms with van der Waals surface area (Å²) in [5.41, 5.74) is 1.45. The Labute approximate surface area is 172 Å². The minimum absolute atomic E-state index is 0.244. The second-order valence-corrected chi connectivity index (χ2v) is 8.43. The molecule has 0 bridgehead atoms. The molecule has 3 rings (SSSR count). The van der Waals surface area contributed by atoms with Gasteiger partial charge in [-0.1, -0.05) is 6.92 Å². The number of anilines is 1. The van der Waals surface area contributed by atoms with Crippen molar-refractivity contribution in [1.82, 2.24) is 9.88 Å². The number of aromatic nitrogens is 1. The first-order valence-corrected chi connectivity index (χ1v) is 10.6. The van der Waals surface area contributed by atoms with E-state index in [1.165, 1.54) is 24.2 Å². The minimum Gasteiger partial charge on any atom is -0.495 e. The summed E-state index contributed by atoms with van der Waals surface area (Å²) in [5.74, 6) is 1.57. The minimum atomic E-state index is -0.244. The molecule has 27 heavy (non-hydrogen) atoms. The van der Waals surface area contributed by atoms with Crippen molar-refractivity contribution >= 4 is 38.3 Å². The summed E-state index contributed by atoms with van der Waals surface area (Å²) in [4.78, 5) is 19.6.